The second kappa shape index (κ2) is 4.48. The molecule has 0 aliphatic heterocycles. The van der Waals surface area contributed by atoms with Gasteiger partial charge in [0.2, 0.25) is 5.76 Å². The van der Waals surface area contributed by atoms with Crippen molar-refractivity contribution in [1.82, 2.24) is 5.16 Å². The van der Waals surface area contributed by atoms with Crippen molar-refractivity contribution < 1.29 is 18.8 Å². The molecular weight excluding hydrogens is 239 g/mol. The molecule has 0 aliphatic carbocycles. The highest BCUT2D eigenvalue weighted by Gasteiger charge is 2.14. The van der Waals surface area contributed by atoms with E-state index in [0.717, 1.165) is 0 Å². The van der Waals surface area contributed by atoms with E-state index < -0.39 is 5.97 Å². The molecule has 0 amide bonds. The van der Waals surface area contributed by atoms with E-state index in [-0.39, 0.29) is 11.6 Å². The minimum absolute atomic E-state index is 0.249. The fourth-order valence-electron chi connectivity index (χ4n) is 1.53. The van der Waals surface area contributed by atoms with Crippen LogP contribution in [0.15, 0.2) is 28.8 Å². The van der Waals surface area contributed by atoms with E-state index in [4.69, 9.17) is 5.11 Å². The van der Waals surface area contributed by atoms with Crippen LogP contribution in [0.5, 0.6) is 0 Å². The monoisotopic (exact) mass is 250 g/mol. The molecule has 0 bridgehead atoms. The number of hydrogen-bond acceptors (Lipinski definition) is 4. The van der Waals surface area contributed by atoms with Gasteiger partial charge in [0.25, 0.3) is 0 Å². The summed E-state index contributed by atoms with van der Waals surface area (Å²) < 4.78 is 18.1. The molecule has 0 atom stereocenters. The lowest BCUT2D eigenvalue weighted by Gasteiger charge is -2.13. The summed E-state index contributed by atoms with van der Waals surface area (Å²) in [5.41, 5.74) is 1.35. The summed E-state index contributed by atoms with van der Waals surface area (Å²) in [7, 11) is 3.43. The van der Waals surface area contributed by atoms with E-state index in [2.05, 4.69) is 9.68 Å². The van der Waals surface area contributed by atoms with Crippen molar-refractivity contribution in [2.75, 3.05) is 19.0 Å². The van der Waals surface area contributed by atoms with Crippen LogP contribution in [0.25, 0.3) is 11.3 Å². The number of nitrogens with zero attached hydrogens (tertiary/aromatic N) is 2. The molecule has 6 heteroatoms. The van der Waals surface area contributed by atoms with E-state index in [1.54, 1.807) is 25.1 Å². The number of halogens is 1. The van der Waals surface area contributed by atoms with E-state index in [9.17, 15) is 9.18 Å². The summed E-state index contributed by atoms with van der Waals surface area (Å²) in [6.07, 6.45) is 0. The highest BCUT2D eigenvalue weighted by atomic mass is 19.1. The number of carbonyl (C=O) groups is 1. The average Bonchev–Trinajstić information content (AvgIpc) is 2.78. The number of aromatic carboxylic acids is 1. The Hall–Kier alpha value is -2.37. The third-order valence-corrected chi connectivity index (χ3v) is 2.44. The Bertz CT molecular complexity index is 593. The van der Waals surface area contributed by atoms with E-state index in [0.29, 0.717) is 16.9 Å². The number of benzene rings is 1. The van der Waals surface area contributed by atoms with E-state index >= 15 is 0 Å². The van der Waals surface area contributed by atoms with Crippen LogP contribution in [0, 0.1) is 5.82 Å². The Labute approximate surface area is 102 Å². The van der Waals surface area contributed by atoms with Crippen LogP contribution >= 0.6 is 0 Å². The van der Waals surface area contributed by atoms with Gasteiger partial charge in [-0.15, -0.1) is 0 Å². The van der Waals surface area contributed by atoms with Gasteiger partial charge in [-0.25, -0.2) is 9.18 Å². The normalized spacial score (nSPS) is 10.4. The number of hydrogen-bond donors (Lipinski definition) is 1. The molecule has 5 nitrogen and oxygen atoms in total. The third-order valence-electron chi connectivity index (χ3n) is 2.44. The summed E-state index contributed by atoms with van der Waals surface area (Å²) in [5, 5.41) is 12.4. The van der Waals surface area contributed by atoms with E-state index in [1.165, 1.54) is 18.2 Å². The van der Waals surface area contributed by atoms with Gasteiger partial charge >= 0.3 is 5.97 Å². The summed E-state index contributed by atoms with van der Waals surface area (Å²) in [5.74, 6) is -1.80. The maximum absolute atomic E-state index is 13.5. The van der Waals surface area contributed by atoms with Gasteiger partial charge in [-0.3, -0.25) is 0 Å². The first kappa shape index (κ1) is 12.1. The Kier molecular flexibility index (Phi) is 3.01. The van der Waals surface area contributed by atoms with Crippen molar-refractivity contribution in [1.29, 1.82) is 0 Å². The minimum Gasteiger partial charge on any atom is -0.475 e. The molecule has 0 spiro atoms. The molecule has 0 saturated carbocycles. The van der Waals surface area contributed by atoms with Crippen LogP contribution in [0.4, 0.5) is 10.1 Å². The second-order valence-electron chi connectivity index (χ2n) is 3.94. The van der Waals surface area contributed by atoms with Crippen LogP contribution in [-0.2, 0) is 0 Å². The Morgan fingerprint density at radius 1 is 1.39 bits per heavy atom. The highest BCUT2D eigenvalue weighted by molar-refractivity contribution is 5.85. The maximum Gasteiger partial charge on any atom is 0.374 e. The fraction of sp³-hybridized carbons (Fsp3) is 0.167. The molecule has 0 aliphatic rings. The number of anilines is 1. The van der Waals surface area contributed by atoms with Crippen molar-refractivity contribution in [3.05, 3.63) is 35.8 Å². The fourth-order valence-corrected chi connectivity index (χ4v) is 1.53. The molecule has 0 unspecified atom stereocenters. The van der Waals surface area contributed by atoms with Crippen molar-refractivity contribution in [2.24, 2.45) is 0 Å². The maximum atomic E-state index is 13.5. The zero-order valence-corrected chi connectivity index (χ0v) is 9.85. The van der Waals surface area contributed by atoms with Gasteiger partial charge in [-0.1, -0.05) is 5.16 Å². The van der Waals surface area contributed by atoms with Crippen LogP contribution in [0.3, 0.4) is 0 Å². The minimum atomic E-state index is -1.19. The molecule has 0 saturated heterocycles. The van der Waals surface area contributed by atoms with E-state index in [1.807, 2.05) is 0 Å². The zero-order valence-electron chi connectivity index (χ0n) is 9.85. The number of carboxylic acid groups (broad SMARTS) is 1. The number of aromatic nitrogens is 1. The lowest BCUT2D eigenvalue weighted by Crippen LogP contribution is -2.10. The van der Waals surface area contributed by atoms with Crippen molar-refractivity contribution in [3.8, 4) is 11.3 Å². The average molecular weight is 250 g/mol. The predicted octanol–water partition coefficient (Wildman–Crippen LogP) is 2.24. The highest BCUT2D eigenvalue weighted by Crippen LogP contribution is 2.26. The van der Waals surface area contributed by atoms with Crippen molar-refractivity contribution in [3.63, 3.8) is 0 Å². The molecule has 0 radical (unpaired) electrons. The van der Waals surface area contributed by atoms with Gasteiger partial charge in [-0.05, 0) is 18.2 Å². The van der Waals surface area contributed by atoms with Gasteiger partial charge in [0.1, 0.15) is 11.5 Å². The number of carboxylic acids is 1. The summed E-state index contributed by atoms with van der Waals surface area (Å²) >= 11 is 0. The molecule has 94 valence electrons. The summed E-state index contributed by atoms with van der Waals surface area (Å²) in [6.45, 7) is 0. The summed E-state index contributed by atoms with van der Waals surface area (Å²) in [4.78, 5) is 12.3. The topological polar surface area (TPSA) is 66.6 Å². The summed E-state index contributed by atoms with van der Waals surface area (Å²) in [6, 6.07) is 5.71. The zero-order chi connectivity index (χ0) is 13.3. The number of rotatable bonds is 3. The van der Waals surface area contributed by atoms with Crippen LogP contribution in [0.2, 0.25) is 0 Å². The van der Waals surface area contributed by atoms with Crippen LogP contribution in [0.1, 0.15) is 10.6 Å². The molecule has 2 aromatic rings. The molecule has 1 aromatic heterocycles. The van der Waals surface area contributed by atoms with Crippen LogP contribution < -0.4 is 4.90 Å². The smallest absolute Gasteiger partial charge is 0.374 e. The lowest BCUT2D eigenvalue weighted by molar-refractivity contribution is 0.0652. The Morgan fingerprint density at radius 3 is 2.67 bits per heavy atom. The third kappa shape index (κ3) is 2.17. The molecule has 1 N–H and O–H groups in total. The molecule has 18 heavy (non-hydrogen) atoms. The lowest BCUT2D eigenvalue weighted by atomic mass is 10.1. The standard InChI is InChI=1S/C12H11FN2O3/c1-15(2)10-5-7(3-4-8(10)13)9-6-11(12(16)17)18-14-9/h3-6H,1-2H3,(H,16,17). The Balaban J connectivity index is 2.44. The first-order chi connectivity index (χ1) is 8.49. The van der Waals surface area contributed by atoms with Crippen molar-refractivity contribution >= 4 is 11.7 Å². The molecule has 2 rings (SSSR count). The first-order valence-corrected chi connectivity index (χ1v) is 5.16. The van der Waals surface area contributed by atoms with Gasteiger partial charge in [0.05, 0.1) is 5.69 Å². The Morgan fingerprint density at radius 2 is 2.11 bits per heavy atom. The van der Waals surface area contributed by atoms with Gasteiger partial charge < -0.3 is 14.5 Å². The first-order valence-electron chi connectivity index (χ1n) is 5.16. The van der Waals surface area contributed by atoms with Gasteiger partial charge in [-0.2, -0.15) is 0 Å². The molecular formula is C12H11FN2O3. The second-order valence-corrected chi connectivity index (χ2v) is 3.94. The van der Waals surface area contributed by atoms with Crippen molar-refractivity contribution in [2.45, 2.75) is 0 Å². The van der Waals surface area contributed by atoms with Crippen LogP contribution in [-0.4, -0.2) is 30.3 Å². The largest absolute Gasteiger partial charge is 0.475 e. The van der Waals surface area contributed by atoms with Gasteiger partial charge in [0, 0.05) is 25.7 Å². The SMILES string of the molecule is CN(C)c1cc(-c2cc(C(=O)O)on2)ccc1F. The molecule has 0 fully saturated rings. The quantitative estimate of drug-likeness (QED) is 0.904. The molecule has 1 heterocycles. The predicted molar refractivity (Wildman–Crippen MR) is 63.2 cm³/mol. The van der Waals surface area contributed by atoms with Gasteiger partial charge in [0.15, 0.2) is 0 Å². The molecule has 1 aromatic carbocycles.